The summed E-state index contributed by atoms with van der Waals surface area (Å²) in [5.41, 5.74) is 3.89. The molecule has 4 aromatic rings. The molecule has 3 aromatic heterocycles. The number of halogens is 3. The number of likely N-dealkylation sites (N-methyl/N-ethyl adjacent to an activating group) is 1. The van der Waals surface area contributed by atoms with Crippen molar-refractivity contribution in [3.63, 3.8) is 0 Å². The number of carbonyl (C=O) groups excluding carboxylic acids is 1. The van der Waals surface area contributed by atoms with Crippen molar-refractivity contribution in [1.29, 1.82) is 5.26 Å². The number of hydrogen-bond donors (Lipinski definition) is 1. The molecular formula is C30H32F3N7O2S. The third kappa shape index (κ3) is 6.32. The van der Waals surface area contributed by atoms with Gasteiger partial charge in [0, 0.05) is 55.0 Å². The molecule has 6 rings (SSSR count). The van der Waals surface area contributed by atoms with E-state index in [0.717, 1.165) is 60.3 Å². The molecule has 0 aliphatic carbocycles. The molecule has 0 saturated carbocycles. The summed E-state index contributed by atoms with van der Waals surface area (Å²) < 4.78 is 46.4. The van der Waals surface area contributed by atoms with Crippen molar-refractivity contribution < 1.29 is 22.7 Å². The number of nitrogens with zero attached hydrogens (tertiary/aromatic N) is 6. The predicted molar refractivity (Wildman–Crippen MR) is 158 cm³/mol. The Hall–Kier alpha value is -3.73. The fourth-order valence-electron chi connectivity index (χ4n) is 6.03. The molecule has 2 saturated heterocycles. The standard InChI is InChI=1S/C30H32F3N7O2S/c1-18-19(3-4-26-24(18)9-21(12-34)40(26)15-22-14-38(2)27(41)16-42-22)13-39-7-5-20(6-8-39)37-28-25-10-23(11-30(31,32)33)43-29(25)36-17-35-28/h3-4,9-10,17,20,22H,5-8,11,13-16H2,1-2H3,(H,35,36,37). The lowest BCUT2D eigenvalue weighted by molar-refractivity contribution is -0.147. The molecule has 1 atom stereocenters. The normalized spacial score (nSPS) is 18.9. The van der Waals surface area contributed by atoms with E-state index in [2.05, 4.69) is 45.3 Å². The minimum atomic E-state index is -4.26. The summed E-state index contributed by atoms with van der Waals surface area (Å²) in [6, 6.07) is 10.2. The fraction of sp³-hybridized carbons (Fsp3) is 0.467. The number of morpholine rings is 1. The molecule has 1 unspecified atom stereocenters. The van der Waals surface area contributed by atoms with E-state index >= 15 is 0 Å². The van der Waals surface area contributed by atoms with Crippen LogP contribution >= 0.6 is 11.3 Å². The maximum absolute atomic E-state index is 12.9. The topological polar surface area (TPSA) is 99.3 Å². The van der Waals surface area contributed by atoms with Gasteiger partial charge in [0.1, 0.15) is 35.3 Å². The van der Waals surface area contributed by atoms with Crippen molar-refractivity contribution in [2.45, 2.75) is 57.6 Å². The fourth-order valence-corrected chi connectivity index (χ4v) is 7.06. The Kier molecular flexibility index (Phi) is 8.02. The van der Waals surface area contributed by atoms with Crippen LogP contribution in [0.1, 0.15) is 34.5 Å². The summed E-state index contributed by atoms with van der Waals surface area (Å²) in [4.78, 5) is 25.2. The smallest absolute Gasteiger partial charge is 0.367 e. The summed E-state index contributed by atoms with van der Waals surface area (Å²) in [6.45, 7) is 5.64. The molecule has 2 fully saturated rings. The van der Waals surface area contributed by atoms with E-state index in [0.29, 0.717) is 34.8 Å². The summed E-state index contributed by atoms with van der Waals surface area (Å²) in [5.74, 6) is 0.547. The van der Waals surface area contributed by atoms with Gasteiger partial charge in [0.05, 0.1) is 24.5 Å². The first kappa shape index (κ1) is 29.3. The van der Waals surface area contributed by atoms with Crippen molar-refractivity contribution >= 4 is 44.2 Å². The highest BCUT2D eigenvalue weighted by Crippen LogP contribution is 2.33. The maximum atomic E-state index is 12.9. The molecule has 9 nitrogen and oxygen atoms in total. The molecule has 0 bridgehead atoms. The van der Waals surface area contributed by atoms with E-state index in [1.165, 1.54) is 11.9 Å². The third-order valence-electron chi connectivity index (χ3n) is 8.39. The first-order chi connectivity index (χ1) is 20.6. The number of alkyl halides is 3. The average Bonchev–Trinajstić information content (AvgIpc) is 3.53. The summed E-state index contributed by atoms with van der Waals surface area (Å²) in [6.07, 6.45) is -2.25. The number of aromatic nitrogens is 3. The second kappa shape index (κ2) is 11.7. The molecule has 1 N–H and O–H groups in total. The van der Waals surface area contributed by atoms with E-state index in [1.54, 1.807) is 18.0 Å². The number of anilines is 1. The number of rotatable bonds is 7. The zero-order chi connectivity index (χ0) is 30.3. The van der Waals surface area contributed by atoms with E-state index in [9.17, 15) is 23.2 Å². The largest absolute Gasteiger partial charge is 0.393 e. The van der Waals surface area contributed by atoms with Crippen molar-refractivity contribution in [3.8, 4) is 6.07 Å². The number of fused-ring (bicyclic) bond motifs is 2. The second-order valence-electron chi connectivity index (χ2n) is 11.4. The van der Waals surface area contributed by atoms with Crippen molar-refractivity contribution in [1.82, 2.24) is 24.3 Å². The Labute approximate surface area is 250 Å². The van der Waals surface area contributed by atoms with Gasteiger partial charge < -0.3 is 19.5 Å². The minimum Gasteiger partial charge on any atom is -0.367 e. The van der Waals surface area contributed by atoms with Gasteiger partial charge in [-0.25, -0.2) is 9.97 Å². The van der Waals surface area contributed by atoms with Crippen LogP contribution < -0.4 is 5.32 Å². The van der Waals surface area contributed by atoms with Gasteiger partial charge in [-0.1, -0.05) is 6.07 Å². The lowest BCUT2D eigenvalue weighted by Crippen LogP contribution is -2.45. The molecule has 2 aliphatic rings. The molecular weight excluding hydrogens is 579 g/mol. The molecule has 5 heterocycles. The SMILES string of the molecule is Cc1c(CN2CCC(Nc3ncnc4sc(CC(F)(F)F)cc34)CC2)ccc2c1cc(C#N)n2CC1CN(C)C(=O)CO1. The number of benzene rings is 1. The quantitative estimate of drug-likeness (QED) is 0.319. The minimum absolute atomic E-state index is 0.0401. The number of aryl methyl sites for hydroxylation is 1. The van der Waals surface area contributed by atoms with Crippen LogP contribution in [0.15, 0.2) is 30.6 Å². The summed E-state index contributed by atoms with van der Waals surface area (Å²) in [5, 5.41) is 15.0. The Morgan fingerprint density at radius 2 is 1.98 bits per heavy atom. The first-order valence-electron chi connectivity index (χ1n) is 14.2. The van der Waals surface area contributed by atoms with Crippen LogP contribution in [0.5, 0.6) is 0 Å². The van der Waals surface area contributed by atoms with Crippen LogP contribution in [0.2, 0.25) is 0 Å². The lowest BCUT2D eigenvalue weighted by atomic mass is 10.0. The number of nitrogens with one attached hydrogen (secondary N) is 1. The number of piperidine rings is 1. The number of carbonyl (C=O) groups is 1. The number of hydrogen-bond acceptors (Lipinski definition) is 8. The number of nitriles is 1. The molecule has 1 amide bonds. The van der Waals surface area contributed by atoms with E-state index in [1.807, 2.05) is 10.6 Å². The maximum Gasteiger partial charge on any atom is 0.393 e. The van der Waals surface area contributed by atoms with Crippen LogP contribution in [0.4, 0.5) is 19.0 Å². The first-order valence-corrected chi connectivity index (χ1v) is 15.1. The van der Waals surface area contributed by atoms with Crippen molar-refractivity contribution in [3.05, 3.63) is 52.3 Å². The van der Waals surface area contributed by atoms with Gasteiger partial charge in [-0.05, 0) is 49.1 Å². The van der Waals surface area contributed by atoms with Gasteiger partial charge in [-0.15, -0.1) is 11.3 Å². The second-order valence-corrected chi connectivity index (χ2v) is 12.5. The van der Waals surface area contributed by atoms with Gasteiger partial charge in [0.25, 0.3) is 0 Å². The zero-order valence-corrected chi connectivity index (χ0v) is 24.8. The third-order valence-corrected chi connectivity index (χ3v) is 9.43. The van der Waals surface area contributed by atoms with Gasteiger partial charge in [0.2, 0.25) is 5.91 Å². The average molecular weight is 612 g/mol. The Balaban J connectivity index is 1.10. The number of ether oxygens (including phenoxy) is 1. The van der Waals surface area contributed by atoms with Crippen LogP contribution in [-0.2, 0) is 29.0 Å². The summed E-state index contributed by atoms with van der Waals surface area (Å²) in [7, 11) is 1.77. The number of thiophene rings is 1. The van der Waals surface area contributed by atoms with E-state index < -0.39 is 12.6 Å². The number of amides is 1. The van der Waals surface area contributed by atoms with E-state index in [4.69, 9.17) is 4.74 Å². The molecule has 13 heteroatoms. The Morgan fingerprint density at radius 1 is 1.19 bits per heavy atom. The Morgan fingerprint density at radius 3 is 2.70 bits per heavy atom. The van der Waals surface area contributed by atoms with Crippen LogP contribution in [0.25, 0.3) is 21.1 Å². The molecule has 226 valence electrons. The molecule has 0 radical (unpaired) electrons. The molecule has 43 heavy (non-hydrogen) atoms. The molecule has 1 aromatic carbocycles. The van der Waals surface area contributed by atoms with Crippen LogP contribution in [-0.4, -0.2) is 81.9 Å². The van der Waals surface area contributed by atoms with Gasteiger partial charge in [-0.3, -0.25) is 9.69 Å². The highest BCUT2D eigenvalue weighted by Gasteiger charge is 2.30. The van der Waals surface area contributed by atoms with Crippen LogP contribution in [0, 0.1) is 18.3 Å². The highest BCUT2D eigenvalue weighted by atomic mass is 32.1. The van der Waals surface area contributed by atoms with Crippen molar-refractivity contribution in [2.75, 3.05) is 38.6 Å². The molecule has 0 spiro atoms. The molecule has 2 aliphatic heterocycles. The highest BCUT2D eigenvalue weighted by molar-refractivity contribution is 7.18. The van der Waals surface area contributed by atoms with Gasteiger partial charge in [-0.2, -0.15) is 18.4 Å². The van der Waals surface area contributed by atoms with Crippen molar-refractivity contribution in [2.24, 2.45) is 0 Å². The van der Waals surface area contributed by atoms with Crippen LogP contribution in [0.3, 0.4) is 0 Å². The van der Waals surface area contributed by atoms with Gasteiger partial charge in [0.15, 0.2) is 0 Å². The van der Waals surface area contributed by atoms with E-state index in [-0.39, 0.29) is 29.5 Å². The lowest BCUT2D eigenvalue weighted by Gasteiger charge is -2.33. The zero-order valence-electron chi connectivity index (χ0n) is 23.9. The number of likely N-dealkylation sites (tertiary alicyclic amines) is 1. The Bertz CT molecular complexity index is 1700. The predicted octanol–water partition coefficient (Wildman–Crippen LogP) is 4.86. The van der Waals surface area contributed by atoms with Gasteiger partial charge >= 0.3 is 6.18 Å². The monoisotopic (exact) mass is 611 g/mol. The summed E-state index contributed by atoms with van der Waals surface area (Å²) >= 11 is 1.06.